The Bertz CT molecular complexity index is 152. The van der Waals surface area contributed by atoms with Crippen LogP contribution < -0.4 is 5.32 Å². The summed E-state index contributed by atoms with van der Waals surface area (Å²) in [5, 5.41) is 3.54. The van der Waals surface area contributed by atoms with E-state index in [0.717, 1.165) is 6.54 Å². The van der Waals surface area contributed by atoms with Crippen molar-refractivity contribution >= 4 is 0 Å². The van der Waals surface area contributed by atoms with Crippen molar-refractivity contribution in [1.29, 1.82) is 0 Å². The van der Waals surface area contributed by atoms with Crippen LogP contribution in [0.3, 0.4) is 0 Å². The molecule has 1 heterocycles. The predicted octanol–water partition coefficient (Wildman–Crippen LogP) is 2.58. The zero-order chi connectivity index (χ0) is 10.6. The molecule has 0 aromatic rings. The Balaban J connectivity index is 2.28. The van der Waals surface area contributed by atoms with Crippen LogP contribution in [-0.2, 0) is 4.74 Å². The molecule has 1 aliphatic heterocycles. The second-order valence-corrected chi connectivity index (χ2v) is 4.85. The normalized spacial score (nSPS) is 27.6. The van der Waals surface area contributed by atoms with Crippen LogP contribution >= 0.6 is 0 Å². The molecule has 1 fully saturated rings. The molecule has 1 N–H and O–H groups in total. The highest BCUT2D eigenvalue weighted by molar-refractivity contribution is 4.78. The SMILES string of the molecule is CC(O[C@@H](C)C(C)C)C1CCCCN1. The Labute approximate surface area is 88.4 Å². The number of rotatable bonds is 4. The van der Waals surface area contributed by atoms with Crippen LogP contribution in [0.15, 0.2) is 0 Å². The maximum atomic E-state index is 5.99. The van der Waals surface area contributed by atoms with Gasteiger partial charge in [0.25, 0.3) is 0 Å². The van der Waals surface area contributed by atoms with Crippen LogP contribution in [0, 0.1) is 5.92 Å². The lowest BCUT2D eigenvalue weighted by Gasteiger charge is -2.31. The van der Waals surface area contributed by atoms with Gasteiger partial charge in [-0.1, -0.05) is 20.3 Å². The van der Waals surface area contributed by atoms with Crippen LogP contribution in [0.4, 0.5) is 0 Å². The first-order valence-corrected chi connectivity index (χ1v) is 6.00. The molecule has 0 aromatic heterocycles. The first kappa shape index (κ1) is 12.0. The molecular weight excluding hydrogens is 174 g/mol. The summed E-state index contributed by atoms with van der Waals surface area (Å²) in [7, 11) is 0. The molecule has 0 radical (unpaired) electrons. The molecule has 2 nitrogen and oxygen atoms in total. The molecule has 0 spiro atoms. The van der Waals surface area contributed by atoms with Gasteiger partial charge in [-0.2, -0.15) is 0 Å². The van der Waals surface area contributed by atoms with Gasteiger partial charge in [-0.3, -0.25) is 0 Å². The molecule has 3 atom stereocenters. The van der Waals surface area contributed by atoms with Crippen LogP contribution in [0.1, 0.15) is 47.0 Å². The second kappa shape index (κ2) is 5.72. The lowest BCUT2D eigenvalue weighted by molar-refractivity contribution is -0.0371. The molecule has 1 saturated heterocycles. The van der Waals surface area contributed by atoms with Crippen molar-refractivity contribution in [2.45, 2.75) is 65.2 Å². The van der Waals surface area contributed by atoms with E-state index < -0.39 is 0 Å². The Kier molecular flexibility index (Phi) is 4.90. The fourth-order valence-corrected chi connectivity index (χ4v) is 1.87. The average Bonchev–Trinajstić information content (AvgIpc) is 2.19. The minimum absolute atomic E-state index is 0.354. The lowest BCUT2D eigenvalue weighted by Crippen LogP contribution is -2.44. The number of nitrogens with one attached hydrogen (secondary N) is 1. The summed E-state index contributed by atoms with van der Waals surface area (Å²) < 4.78 is 5.99. The number of ether oxygens (including phenoxy) is 1. The molecule has 2 unspecified atom stereocenters. The average molecular weight is 199 g/mol. The van der Waals surface area contributed by atoms with E-state index in [9.17, 15) is 0 Å². The molecule has 1 rings (SSSR count). The van der Waals surface area contributed by atoms with Crippen molar-refractivity contribution in [1.82, 2.24) is 5.32 Å². The highest BCUT2D eigenvalue weighted by atomic mass is 16.5. The standard InChI is InChI=1S/C12H25NO/c1-9(2)10(3)14-11(4)12-7-5-6-8-13-12/h9-13H,5-8H2,1-4H3/t10-,11?,12?/m0/s1. The molecule has 1 aliphatic rings. The van der Waals surface area contributed by atoms with Crippen molar-refractivity contribution in [3.63, 3.8) is 0 Å². The van der Waals surface area contributed by atoms with Gasteiger partial charge in [0.2, 0.25) is 0 Å². The first-order valence-electron chi connectivity index (χ1n) is 6.00. The minimum Gasteiger partial charge on any atom is -0.374 e. The summed E-state index contributed by atoms with van der Waals surface area (Å²) in [6.45, 7) is 9.96. The smallest absolute Gasteiger partial charge is 0.0703 e. The summed E-state index contributed by atoms with van der Waals surface area (Å²) in [4.78, 5) is 0. The van der Waals surface area contributed by atoms with Gasteiger partial charge < -0.3 is 10.1 Å². The summed E-state index contributed by atoms with van der Waals surface area (Å²) in [6.07, 6.45) is 4.66. The van der Waals surface area contributed by atoms with E-state index >= 15 is 0 Å². The van der Waals surface area contributed by atoms with Crippen molar-refractivity contribution in [3.05, 3.63) is 0 Å². The summed E-state index contributed by atoms with van der Waals surface area (Å²) in [5.74, 6) is 0.612. The van der Waals surface area contributed by atoms with Gasteiger partial charge in [0, 0.05) is 6.04 Å². The van der Waals surface area contributed by atoms with Crippen LogP contribution in [0.2, 0.25) is 0 Å². The number of piperidine rings is 1. The minimum atomic E-state index is 0.354. The third-order valence-electron chi connectivity index (χ3n) is 3.28. The van der Waals surface area contributed by atoms with Crippen molar-refractivity contribution < 1.29 is 4.74 Å². The summed E-state index contributed by atoms with van der Waals surface area (Å²) >= 11 is 0. The van der Waals surface area contributed by atoms with E-state index in [1.54, 1.807) is 0 Å². The highest BCUT2D eigenvalue weighted by Crippen LogP contribution is 2.16. The van der Waals surface area contributed by atoms with Crippen LogP contribution in [-0.4, -0.2) is 24.8 Å². The molecule has 84 valence electrons. The zero-order valence-electron chi connectivity index (χ0n) is 10.0. The Morgan fingerprint density at radius 2 is 1.86 bits per heavy atom. The Hall–Kier alpha value is -0.0800. The maximum absolute atomic E-state index is 5.99. The van der Waals surface area contributed by atoms with Gasteiger partial charge in [-0.15, -0.1) is 0 Å². The fraction of sp³-hybridized carbons (Fsp3) is 1.00. The second-order valence-electron chi connectivity index (χ2n) is 4.85. The number of hydrogen-bond donors (Lipinski definition) is 1. The quantitative estimate of drug-likeness (QED) is 0.751. The van der Waals surface area contributed by atoms with E-state index in [4.69, 9.17) is 4.74 Å². The Morgan fingerprint density at radius 3 is 2.36 bits per heavy atom. The Morgan fingerprint density at radius 1 is 1.14 bits per heavy atom. The lowest BCUT2D eigenvalue weighted by atomic mass is 10.0. The summed E-state index contributed by atoms with van der Waals surface area (Å²) in [6, 6.07) is 0.574. The molecule has 0 aromatic carbocycles. The van der Waals surface area contributed by atoms with E-state index in [2.05, 4.69) is 33.0 Å². The molecule has 0 saturated carbocycles. The van der Waals surface area contributed by atoms with Gasteiger partial charge in [0.05, 0.1) is 12.2 Å². The topological polar surface area (TPSA) is 21.3 Å². The first-order chi connectivity index (χ1) is 6.61. The largest absolute Gasteiger partial charge is 0.374 e. The van der Waals surface area contributed by atoms with Gasteiger partial charge in [0.1, 0.15) is 0 Å². The third kappa shape index (κ3) is 3.58. The van der Waals surface area contributed by atoms with E-state index in [1.165, 1.54) is 19.3 Å². The molecule has 0 bridgehead atoms. The number of hydrogen-bond acceptors (Lipinski definition) is 2. The monoisotopic (exact) mass is 199 g/mol. The molecule has 14 heavy (non-hydrogen) atoms. The molecule has 0 aliphatic carbocycles. The van der Waals surface area contributed by atoms with Gasteiger partial charge in [0.15, 0.2) is 0 Å². The highest BCUT2D eigenvalue weighted by Gasteiger charge is 2.22. The van der Waals surface area contributed by atoms with E-state index in [1.807, 2.05) is 0 Å². The van der Waals surface area contributed by atoms with Gasteiger partial charge in [-0.25, -0.2) is 0 Å². The molecular formula is C12H25NO. The van der Waals surface area contributed by atoms with Crippen molar-refractivity contribution in [3.8, 4) is 0 Å². The van der Waals surface area contributed by atoms with E-state index in [-0.39, 0.29) is 0 Å². The van der Waals surface area contributed by atoms with Gasteiger partial charge in [-0.05, 0) is 39.2 Å². The van der Waals surface area contributed by atoms with Crippen molar-refractivity contribution in [2.75, 3.05) is 6.54 Å². The third-order valence-corrected chi connectivity index (χ3v) is 3.28. The van der Waals surface area contributed by atoms with Crippen LogP contribution in [0.25, 0.3) is 0 Å². The molecule has 2 heteroatoms. The summed E-state index contributed by atoms with van der Waals surface area (Å²) in [5.41, 5.74) is 0. The zero-order valence-corrected chi connectivity index (χ0v) is 10.0. The van der Waals surface area contributed by atoms with Gasteiger partial charge >= 0.3 is 0 Å². The van der Waals surface area contributed by atoms with Crippen molar-refractivity contribution in [2.24, 2.45) is 5.92 Å². The fourth-order valence-electron chi connectivity index (χ4n) is 1.87. The molecule has 0 amide bonds. The van der Waals surface area contributed by atoms with E-state index in [0.29, 0.717) is 24.2 Å². The van der Waals surface area contributed by atoms with Crippen LogP contribution in [0.5, 0.6) is 0 Å². The predicted molar refractivity (Wildman–Crippen MR) is 60.5 cm³/mol. The maximum Gasteiger partial charge on any atom is 0.0703 e.